The summed E-state index contributed by atoms with van der Waals surface area (Å²) in [6.07, 6.45) is -2.22. The van der Waals surface area contributed by atoms with E-state index in [1.807, 2.05) is 0 Å². The molecule has 2 heterocycles. The summed E-state index contributed by atoms with van der Waals surface area (Å²) < 4.78 is 43.4. The first kappa shape index (κ1) is 18.4. The minimum absolute atomic E-state index is 0.258. The summed E-state index contributed by atoms with van der Waals surface area (Å²) in [6.45, 7) is 1.99. The first-order valence-corrected chi connectivity index (χ1v) is 8.41. The van der Waals surface area contributed by atoms with Crippen LogP contribution in [0.25, 0.3) is 11.3 Å². The van der Waals surface area contributed by atoms with Crippen molar-refractivity contribution in [2.75, 3.05) is 32.6 Å². The van der Waals surface area contributed by atoms with Crippen LogP contribution in [0.1, 0.15) is 18.4 Å². The molecule has 1 aliphatic rings. The normalized spacial score (nSPS) is 18.6. The molecule has 1 aromatic carbocycles. The minimum atomic E-state index is -4.36. The lowest BCUT2D eigenvalue weighted by atomic mass is 10.1. The lowest BCUT2D eigenvalue weighted by Gasteiger charge is -2.30. The van der Waals surface area contributed by atoms with Gasteiger partial charge in [0.25, 0.3) is 0 Å². The number of likely N-dealkylation sites (tertiary alicyclic amines) is 1. The van der Waals surface area contributed by atoms with Gasteiger partial charge in [0.2, 0.25) is 0 Å². The van der Waals surface area contributed by atoms with Gasteiger partial charge in [-0.3, -0.25) is 0 Å². The molecule has 2 aromatic rings. The molecule has 0 spiro atoms. The molecule has 1 aliphatic heterocycles. The monoisotopic (exact) mass is 366 g/mol. The number of likely N-dealkylation sites (N-methyl/N-ethyl adjacent to an activating group) is 1. The number of aromatic nitrogens is 2. The molecule has 1 saturated heterocycles. The number of hydrogen-bond acceptors (Lipinski definition) is 5. The maximum Gasteiger partial charge on any atom is 0.416 e. The maximum absolute atomic E-state index is 12.7. The molecule has 1 atom stereocenters. The van der Waals surface area contributed by atoms with Gasteiger partial charge in [0.1, 0.15) is 0 Å². The number of anilines is 1. The number of hydrogen-bond donors (Lipinski definition) is 1. The van der Waals surface area contributed by atoms with E-state index >= 15 is 0 Å². The van der Waals surface area contributed by atoms with Crippen molar-refractivity contribution in [2.45, 2.75) is 25.1 Å². The molecule has 5 nitrogen and oxygen atoms in total. The number of ether oxygens (including phenoxy) is 1. The molecule has 0 unspecified atom stereocenters. The Hall–Kier alpha value is -2.35. The van der Waals surface area contributed by atoms with Crippen LogP contribution in [0.15, 0.2) is 30.3 Å². The molecule has 0 saturated carbocycles. The summed E-state index contributed by atoms with van der Waals surface area (Å²) in [5.41, 5.74) is 0.315. The third-order valence-corrected chi connectivity index (χ3v) is 4.45. The van der Waals surface area contributed by atoms with E-state index in [0.29, 0.717) is 22.8 Å². The highest BCUT2D eigenvalue weighted by Crippen LogP contribution is 2.32. The van der Waals surface area contributed by atoms with Gasteiger partial charge >= 0.3 is 6.18 Å². The number of methoxy groups -OCH3 is 1. The highest BCUT2D eigenvalue weighted by atomic mass is 19.4. The molecule has 1 N–H and O–H groups in total. The van der Waals surface area contributed by atoms with E-state index in [1.54, 1.807) is 6.07 Å². The molecular weight excluding hydrogens is 345 g/mol. The standard InChI is InChI=1S/C18H21F3N4O/c1-25-9-3-4-14(11-25)22-17-16(26-2)10-15(23-24-17)12-5-7-13(8-6-12)18(19,20)21/h5-8,10,14H,3-4,9,11H2,1-2H3,(H,22,24)/t14-/m1/s1. The van der Waals surface area contributed by atoms with Crippen LogP contribution in [0.3, 0.4) is 0 Å². The van der Waals surface area contributed by atoms with Crippen LogP contribution in [-0.4, -0.2) is 48.4 Å². The first-order valence-electron chi connectivity index (χ1n) is 8.41. The van der Waals surface area contributed by atoms with Crippen molar-refractivity contribution in [2.24, 2.45) is 0 Å². The van der Waals surface area contributed by atoms with Gasteiger partial charge in [-0.15, -0.1) is 10.2 Å². The lowest BCUT2D eigenvalue weighted by molar-refractivity contribution is -0.137. The SMILES string of the molecule is COc1cc(-c2ccc(C(F)(F)F)cc2)nnc1N[C@@H]1CCCN(C)C1. The van der Waals surface area contributed by atoms with Gasteiger partial charge in [-0.25, -0.2) is 0 Å². The summed E-state index contributed by atoms with van der Waals surface area (Å²) >= 11 is 0. The van der Waals surface area contributed by atoms with Crippen LogP contribution in [0.2, 0.25) is 0 Å². The van der Waals surface area contributed by atoms with Crippen LogP contribution in [0.5, 0.6) is 5.75 Å². The number of benzene rings is 1. The third kappa shape index (κ3) is 4.24. The second kappa shape index (κ2) is 7.49. The Kier molecular flexibility index (Phi) is 5.31. The zero-order valence-corrected chi connectivity index (χ0v) is 14.7. The molecule has 0 amide bonds. The fraction of sp³-hybridized carbons (Fsp3) is 0.444. The molecule has 0 radical (unpaired) electrons. The van der Waals surface area contributed by atoms with E-state index in [0.717, 1.165) is 38.1 Å². The van der Waals surface area contributed by atoms with Crippen molar-refractivity contribution in [3.8, 4) is 17.0 Å². The number of nitrogens with zero attached hydrogens (tertiary/aromatic N) is 3. The van der Waals surface area contributed by atoms with Crippen LogP contribution >= 0.6 is 0 Å². The Morgan fingerprint density at radius 3 is 2.54 bits per heavy atom. The molecule has 3 rings (SSSR count). The summed E-state index contributed by atoms with van der Waals surface area (Å²) in [7, 11) is 3.61. The summed E-state index contributed by atoms with van der Waals surface area (Å²) in [5.74, 6) is 1.06. The number of piperidine rings is 1. The van der Waals surface area contributed by atoms with Crippen molar-refractivity contribution in [3.05, 3.63) is 35.9 Å². The molecule has 140 valence electrons. The lowest BCUT2D eigenvalue weighted by Crippen LogP contribution is -2.40. The van der Waals surface area contributed by atoms with Gasteiger partial charge in [0, 0.05) is 24.2 Å². The van der Waals surface area contributed by atoms with Crippen molar-refractivity contribution >= 4 is 5.82 Å². The fourth-order valence-corrected chi connectivity index (χ4v) is 3.08. The number of rotatable bonds is 4. The van der Waals surface area contributed by atoms with E-state index < -0.39 is 11.7 Å². The zero-order chi connectivity index (χ0) is 18.7. The average Bonchev–Trinajstić information content (AvgIpc) is 2.61. The largest absolute Gasteiger partial charge is 0.493 e. The van der Waals surface area contributed by atoms with E-state index in [1.165, 1.54) is 19.2 Å². The number of halogens is 3. The molecule has 26 heavy (non-hydrogen) atoms. The van der Waals surface area contributed by atoms with Crippen LogP contribution < -0.4 is 10.1 Å². The Morgan fingerprint density at radius 2 is 1.92 bits per heavy atom. The smallest absolute Gasteiger partial charge is 0.416 e. The molecule has 1 fully saturated rings. The van der Waals surface area contributed by atoms with Crippen molar-refractivity contribution in [1.29, 1.82) is 0 Å². The highest BCUT2D eigenvalue weighted by Gasteiger charge is 2.30. The predicted octanol–water partition coefficient (Wildman–Crippen LogP) is 3.68. The Balaban J connectivity index is 1.80. The van der Waals surface area contributed by atoms with Gasteiger partial charge in [0.15, 0.2) is 11.6 Å². The highest BCUT2D eigenvalue weighted by molar-refractivity contribution is 5.64. The van der Waals surface area contributed by atoms with Crippen LogP contribution in [0, 0.1) is 0 Å². The Bertz CT molecular complexity index is 749. The summed E-state index contributed by atoms with van der Waals surface area (Å²) in [6, 6.07) is 6.78. The zero-order valence-electron chi connectivity index (χ0n) is 14.7. The van der Waals surface area contributed by atoms with E-state index in [9.17, 15) is 13.2 Å². The van der Waals surface area contributed by atoms with Gasteiger partial charge in [-0.05, 0) is 38.6 Å². The van der Waals surface area contributed by atoms with Crippen molar-refractivity contribution < 1.29 is 17.9 Å². The van der Waals surface area contributed by atoms with Crippen molar-refractivity contribution in [3.63, 3.8) is 0 Å². The van der Waals surface area contributed by atoms with Crippen molar-refractivity contribution in [1.82, 2.24) is 15.1 Å². The minimum Gasteiger partial charge on any atom is -0.493 e. The third-order valence-electron chi connectivity index (χ3n) is 4.45. The van der Waals surface area contributed by atoms with E-state index in [2.05, 4.69) is 27.5 Å². The molecule has 0 aliphatic carbocycles. The maximum atomic E-state index is 12.7. The van der Waals surface area contributed by atoms with Gasteiger partial charge in [-0.2, -0.15) is 13.2 Å². The first-order chi connectivity index (χ1) is 12.4. The predicted molar refractivity (Wildman–Crippen MR) is 93.2 cm³/mol. The quantitative estimate of drug-likeness (QED) is 0.895. The van der Waals surface area contributed by atoms with Gasteiger partial charge in [-0.1, -0.05) is 12.1 Å². The average molecular weight is 366 g/mol. The Labute approximate surface area is 150 Å². The topological polar surface area (TPSA) is 50.3 Å². The van der Waals surface area contributed by atoms with E-state index in [-0.39, 0.29) is 6.04 Å². The number of alkyl halides is 3. The molecule has 1 aromatic heterocycles. The Morgan fingerprint density at radius 1 is 1.19 bits per heavy atom. The summed E-state index contributed by atoms with van der Waals surface area (Å²) in [4.78, 5) is 2.25. The van der Waals surface area contributed by atoms with Crippen LogP contribution in [-0.2, 0) is 6.18 Å². The van der Waals surface area contributed by atoms with Crippen LogP contribution in [0.4, 0.5) is 19.0 Å². The fourth-order valence-electron chi connectivity index (χ4n) is 3.08. The number of nitrogens with one attached hydrogen (secondary N) is 1. The second-order valence-electron chi connectivity index (χ2n) is 6.47. The van der Waals surface area contributed by atoms with Gasteiger partial charge in [0.05, 0.1) is 18.4 Å². The second-order valence-corrected chi connectivity index (χ2v) is 6.47. The molecular formula is C18H21F3N4O. The summed E-state index contributed by atoms with van der Waals surface area (Å²) in [5, 5.41) is 11.7. The molecule has 8 heteroatoms. The van der Waals surface area contributed by atoms with E-state index in [4.69, 9.17) is 4.74 Å². The van der Waals surface area contributed by atoms with Gasteiger partial charge < -0.3 is 15.0 Å². The molecule has 0 bridgehead atoms.